The van der Waals surface area contributed by atoms with E-state index in [0.717, 1.165) is 38.1 Å². The average Bonchev–Trinajstić information content (AvgIpc) is 3.34. The molecule has 1 atom stereocenters. The van der Waals surface area contributed by atoms with Crippen LogP contribution in [-0.2, 0) is 0 Å². The van der Waals surface area contributed by atoms with E-state index >= 15 is 0 Å². The summed E-state index contributed by atoms with van der Waals surface area (Å²) in [6.07, 6.45) is 5.22. The number of rotatable bonds is 8. The van der Waals surface area contributed by atoms with Crippen molar-refractivity contribution in [2.24, 2.45) is 5.92 Å². The maximum Gasteiger partial charge on any atom is 0.314 e. The number of urea groups is 1. The zero-order valence-corrected chi connectivity index (χ0v) is 16.4. The van der Waals surface area contributed by atoms with Crippen molar-refractivity contribution in [3.05, 3.63) is 0 Å². The molecule has 24 heavy (non-hydrogen) atoms. The molecule has 2 N–H and O–H groups in total. The number of piperidine rings is 1. The van der Waals surface area contributed by atoms with E-state index in [1.54, 1.807) is 0 Å². The molecule has 0 aromatic rings. The van der Waals surface area contributed by atoms with Gasteiger partial charge in [0.1, 0.15) is 0 Å². The molecule has 140 valence electrons. The number of likely N-dealkylation sites (tertiary alicyclic amines) is 1. The predicted octanol–water partition coefficient (Wildman–Crippen LogP) is 2.67. The first kappa shape index (κ1) is 19.5. The molecule has 5 nitrogen and oxygen atoms in total. The summed E-state index contributed by atoms with van der Waals surface area (Å²) in [5.74, 6) is 0.760. The standard InChI is InChI=1S/C19H38N4O/c1-15(2)23(17-8-9-17)12-10-20-18(24)21-14-19(4,5)22-11-6-7-16(3)13-22/h15-17H,6-14H2,1-5H3,(H2,20,21,24). The third-order valence-corrected chi connectivity index (χ3v) is 5.53. The summed E-state index contributed by atoms with van der Waals surface area (Å²) in [5, 5.41) is 6.10. The molecular formula is C19H38N4O. The van der Waals surface area contributed by atoms with Gasteiger partial charge in [0.05, 0.1) is 0 Å². The van der Waals surface area contributed by atoms with Crippen molar-refractivity contribution in [2.45, 2.75) is 77.9 Å². The number of hydrogen-bond acceptors (Lipinski definition) is 3. The molecule has 1 saturated heterocycles. The van der Waals surface area contributed by atoms with Crippen molar-refractivity contribution < 1.29 is 4.79 Å². The lowest BCUT2D eigenvalue weighted by molar-refractivity contribution is 0.0723. The van der Waals surface area contributed by atoms with E-state index < -0.39 is 0 Å². The van der Waals surface area contributed by atoms with E-state index in [0.29, 0.717) is 12.6 Å². The minimum atomic E-state index is -0.0346. The highest BCUT2D eigenvalue weighted by molar-refractivity contribution is 5.73. The van der Waals surface area contributed by atoms with E-state index in [9.17, 15) is 4.79 Å². The fourth-order valence-corrected chi connectivity index (χ4v) is 3.78. The molecule has 0 radical (unpaired) electrons. The van der Waals surface area contributed by atoms with Crippen molar-refractivity contribution in [3.63, 3.8) is 0 Å². The third kappa shape index (κ3) is 5.92. The first-order valence-electron chi connectivity index (χ1n) is 9.82. The Morgan fingerprint density at radius 1 is 1.25 bits per heavy atom. The highest BCUT2D eigenvalue weighted by Gasteiger charge is 2.31. The van der Waals surface area contributed by atoms with Crippen LogP contribution in [0.2, 0.25) is 0 Å². The summed E-state index contributed by atoms with van der Waals surface area (Å²) in [6.45, 7) is 15.9. The van der Waals surface area contributed by atoms with Crippen LogP contribution in [0.15, 0.2) is 0 Å². The first-order valence-corrected chi connectivity index (χ1v) is 9.82. The second-order valence-electron chi connectivity index (χ2n) is 8.68. The van der Waals surface area contributed by atoms with Crippen molar-refractivity contribution >= 4 is 6.03 Å². The van der Waals surface area contributed by atoms with Crippen molar-refractivity contribution in [3.8, 4) is 0 Å². The quantitative estimate of drug-likeness (QED) is 0.715. The maximum absolute atomic E-state index is 12.1. The molecule has 2 fully saturated rings. The van der Waals surface area contributed by atoms with Crippen LogP contribution in [0.5, 0.6) is 0 Å². The Labute approximate surface area is 148 Å². The van der Waals surface area contributed by atoms with Crippen LogP contribution in [0.25, 0.3) is 0 Å². The number of nitrogens with zero attached hydrogens (tertiary/aromatic N) is 2. The Bertz CT molecular complexity index is 404. The lowest BCUT2D eigenvalue weighted by atomic mass is 9.93. The minimum absolute atomic E-state index is 0.0179. The van der Waals surface area contributed by atoms with Crippen LogP contribution >= 0.6 is 0 Å². The molecular weight excluding hydrogens is 300 g/mol. The maximum atomic E-state index is 12.1. The van der Waals surface area contributed by atoms with Crippen LogP contribution in [-0.4, -0.2) is 66.2 Å². The molecule has 0 aromatic carbocycles. The largest absolute Gasteiger partial charge is 0.337 e. The average molecular weight is 339 g/mol. The third-order valence-electron chi connectivity index (χ3n) is 5.53. The molecule has 2 rings (SSSR count). The highest BCUT2D eigenvalue weighted by atomic mass is 16.2. The second kappa shape index (κ2) is 8.52. The highest BCUT2D eigenvalue weighted by Crippen LogP contribution is 2.28. The van der Waals surface area contributed by atoms with E-state index in [1.165, 1.54) is 25.7 Å². The van der Waals surface area contributed by atoms with E-state index in [2.05, 4.69) is 55.1 Å². The second-order valence-corrected chi connectivity index (χ2v) is 8.68. The van der Waals surface area contributed by atoms with Crippen LogP contribution in [0.1, 0.15) is 60.3 Å². The number of hydrogen-bond donors (Lipinski definition) is 2. The van der Waals surface area contributed by atoms with Gasteiger partial charge in [-0.3, -0.25) is 9.80 Å². The fourth-order valence-electron chi connectivity index (χ4n) is 3.78. The van der Waals surface area contributed by atoms with Crippen LogP contribution < -0.4 is 10.6 Å². The van der Waals surface area contributed by atoms with Gasteiger partial charge in [-0.15, -0.1) is 0 Å². The van der Waals surface area contributed by atoms with E-state index in [-0.39, 0.29) is 11.6 Å². The lowest BCUT2D eigenvalue weighted by Gasteiger charge is -2.43. The summed E-state index contributed by atoms with van der Waals surface area (Å²) in [5.41, 5.74) is 0.0179. The van der Waals surface area contributed by atoms with Gasteiger partial charge in [0, 0.05) is 43.8 Å². The monoisotopic (exact) mass is 338 g/mol. The molecule has 2 aliphatic rings. The van der Waals surface area contributed by atoms with Gasteiger partial charge in [0.2, 0.25) is 0 Å². The molecule has 2 amide bonds. The molecule has 1 aliphatic heterocycles. The van der Waals surface area contributed by atoms with Gasteiger partial charge in [0.25, 0.3) is 0 Å². The van der Waals surface area contributed by atoms with E-state index in [1.807, 2.05) is 0 Å². The minimum Gasteiger partial charge on any atom is -0.337 e. The van der Waals surface area contributed by atoms with Crippen molar-refractivity contribution in [2.75, 3.05) is 32.7 Å². The van der Waals surface area contributed by atoms with Crippen LogP contribution in [0.4, 0.5) is 4.79 Å². The lowest BCUT2D eigenvalue weighted by Crippen LogP contribution is -2.56. The smallest absolute Gasteiger partial charge is 0.314 e. The molecule has 0 aromatic heterocycles. The molecule has 1 saturated carbocycles. The Balaban J connectivity index is 1.66. The first-order chi connectivity index (χ1) is 11.3. The van der Waals surface area contributed by atoms with Gasteiger partial charge in [0.15, 0.2) is 0 Å². The Hall–Kier alpha value is -0.810. The van der Waals surface area contributed by atoms with Gasteiger partial charge in [-0.1, -0.05) is 6.92 Å². The van der Waals surface area contributed by atoms with Gasteiger partial charge in [-0.25, -0.2) is 4.79 Å². The van der Waals surface area contributed by atoms with E-state index in [4.69, 9.17) is 0 Å². The zero-order valence-electron chi connectivity index (χ0n) is 16.4. The van der Waals surface area contributed by atoms with Crippen LogP contribution in [0.3, 0.4) is 0 Å². The Morgan fingerprint density at radius 3 is 2.54 bits per heavy atom. The summed E-state index contributed by atoms with van der Waals surface area (Å²) >= 11 is 0. The van der Waals surface area contributed by atoms with Gasteiger partial charge >= 0.3 is 6.03 Å². The predicted molar refractivity (Wildman–Crippen MR) is 100 cm³/mol. The summed E-state index contributed by atoms with van der Waals surface area (Å²) in [4.78, 5) is 17.1. The number of carbonyl (C=O) groups is 1. The fraction of sp³-hybridized carbons (Fsp3) is 0.947. The van der Waals surface area contributed by atoms with Gasteiger partial charge < -0.3 is 10.6 Å². The van der Waals surface area contributed by atoms with Crippen molar-refractivity contribution in [1.29, 1.82) is 0 Å². The van der Waals surface area contributed by atoms with Gasteiger partial charge in [-0.2, -0.15) is 0 Å². The number of amides is 2. The number of carbonyl (C=O) groups excluding carboxylic acids is 1. The molecule has 1 aliphatic carbocycles. The molecule has 1 heterocycles. The molecule has 1 unspecified atom stereocenters. The SMILES string of the molecule is CC1CCCN(C(C)(C)CNC(=O)NCCN(C(C)C)C2CC2)C1. The molecule has 5 heteroatoms. The Kier molecular flexibility index (Phi) is 6.93. The van der Waals surface area contributed by atoms with Crippen molar-refractivity contribution in [1.82, 2.24) is 20.4 Å². The zero-order chi connectivity index (χ0) is 17.7. The number of nitrogens with one attached hydrogen (secondary N) is 2. The topological polar surface area (TPSA) is 47.6 Å². The summed E-state index contributed by atoms with van der Waals surface area (Å²) in [6, 6.07) is 1.27. The van der Waals surface area contributed by atoms with Gasteiger partial charge in [-0.05, 0) is 65.8 Å². The summed E-state index contributed by atoms with van der Waals surface area (Å²) < 4.78 is 0. The molecule has 0 bridgehead atoms. The van der Waals surface area contributed by atoms with Crippen LogP contribution in [0, 0.1) is 5.92 Å². The molecule has 0 spiro atoms. The Morgan fingerprint density at radius 2 is 1.96 bits per heavy atom. The normalized spacial score (nSPS) is 22.9. The summed E-state index contributed by atoms with van der Waals surface area (Å²) in [7, 11) is 0.